The third kappa shape index (κ3) is 3.60. The molecule has 3 aromatic rings. The van der Waals surface area contributed by atoms with Crippen LogP contribution in [-0.4, -0.2) is 31.7 Å². The van der Waals surface area contributed by atoms with Crippen LogP contribution < -0.4 is 5.32 Å². The number of fused-ring (bicyclic) bond motifs is 1. The number of aryl methyl sites for hydroxylation is 1. The number of aliphatic carboxylic acids is 1. The van der Waals surface area contributed by atoms with Gasteiger partial charge in [-0.1, -0.05) is 6.07 Å². The zero-order valence-corrected chi connectivity index (χ0v) is 15.6. The van der Waals surface area contributed by atoms with Gasteiger partial charge >= 0.3 is 5.97 Å². The number of pyridine rings is 1. The SMILES string of the molecule is Cc1cc(C(=O)NC(CC(=O)O)c2cccs2)c2cnn(C(C)C)c2n1. The Hall–Kier alpha value is -2.74. The van der Waals surface area contributed by atoms with Crippen molar-refractivity contribution in [2.75, 3.05) is 0 Å². The molecule has 0 saturated carbocycles. The van der Waals surface area contributed by atoms with Crippen molar-refractivity contribution in [1.29, 1.82) is 0 Å². The quantitative estimate of drug-likeness (QED) is 0.692. The van der Waals surface area contributed by atoms with Gasteiger partial charge in [-0.25, -0.2) is 9.67 Å². The van der Waals surface area contributed by atoms with Crippen LogP contribution >= 0.6 is 11.3 Å². The van der Waals surface area contributed by atoms with Gasteiger partial charge in [0.05, 0.1) is 29.6 Å². The number of hydrogen-bond acceptors (Lipinski definition) is 5. The molecule has 7 nitrogen and oxygen atoms in total. The van der Waals surface area contributed by atoms with Crippen LogP contribution in [0.1, 0.15) is 53.3 Å². The lowest BCUT2D eigenvalue weighted by molar-refractivity contribution is -0.137. The van der Waals surface area contributed by atoms with E-state index in [4.69, 9.17) is 0 Å². The Morgan fingerprint density at radius 2 is 2.15 bits per heavy atom. The maximum atomic E-state index is 12.9. The molecular weight excluding hydrogens is 352 g/mol. The fraction of sp³-hybridized carbons (Fsp3) is 0.333. The summed E-state index contributed by atoms with van der Waals surface area (Å²) in [7, 11) is 0. The van der Waals surface area contributed by atoms with Gasteiger partial charge in [-0.05, 0) is 38.3 Å². The van der Waals surface area contributed by atoms with E-state index in [1.54, 1.807) is 16.9 Å². The van der Waals surface area contributed by atoms with Crippen LogP contribution in [0.25, 0.3) is 11.0 Å². The Labute approximate surface area is 154 Å². The summed E-state index contributed by atoms with van der Waals surface area (Å²) < 4.78 is 1.77. The summed E-state index contributed by atoms with van der Waals surface area (Å²) in [6, 6.07) is 4.90. The fourth-order valence-electron chi connectivity index (χ4n) is 2.83. The van der Waals surface area contributed by atoms with Crippen LogP contribution in [0.15, 0.2) is 29.8 Å². The standard InChI is InChI=1S/C18H20N4O3S/c1-10(2)22-17-13(9-19-22)12(7-11(3)20-17)18(25)21-14(8-16(23)24)15-5-4-6-26-15/h4-7,9-10,14H,8H2,1-3H3,(H,21,25)(H,23,24). The van der Waals surface area contributed by atoms with Crippen molar-refractivity contribution in [2.24, 2.45) is 0 Å². The second kappa shape index (κ2) is 7.25. The van der Waals surface area contributed by atoms with Crippen molar-refractivity contribution >= 4 is 34.2 Å². The summed E-state index contributed by atoms with van der Waals surface area (Å²) in [6.07, 6.45) is 1.46. The Bertz CT molecular complexity index is 947. The molecule has 0 fully saturated rings. The third-order valence-electron chi connectivity index (χ3n) is 4.00. The second-order valence-corrected chi connectivity index (χ2v) is 7.35. The largest absolute Gasteiger partial charge is 0.481 e. The number of nitrogens with zero attached hydrogens (tertiary/aromatic N) is 3. The van der Waals surface area contributed by atoms with Gasteiger partial charge in [0.1, 0.15) is 0 Å². The predicted molar refractivity (Wildman–Crippen MR) is 99.4 cm³/mol. The van der Waals surface area contributed by atoms with Gasteiger partial charge in [-0.3, -0.25) is 9.59 Å². The first-order valence-electron chi connectivity index (χ1n) is 8.27. The lowest BCUT2D eigenvalue weighted by atomic mass is 10.1. The number of thiophene rings is 1. The van der Waals surface area contributed by atoms with Crippen LogP contribution in [0.4, 0.5) is 0 Å². The number of carbonyl (C=O) groups excluding carboxylic acids is 1. The van der Waals surface area contributed by atoms with Gasteiger partial charge in [-0.2, -0.15) is 5.10 Å². The minimum atomic E-state index is -0.965. The van der Waals surface area contributed by atoms with Crippen LogP contribution in [0, 0.1) is 6.92 Å². The second-order valence-electron chi connectivity index (χ2n) is 6.37. The minimum absolute atomic E-state index is 0.114. The number of carboxylic acid groups (broad SMARTS) is 1. The maximum Gasteiger partial charge on any atom is 0.305 e. The maximum absolute atomic E-state index is 12.9. The lowest BCUT2D eigenvalue weighted by Crippen LogP contribution is -2.30. The number of carbonyl (C=O) groups is 2. The third-order valence-corrected chi connectivity index (χ3v) is 4.99. The van der Waals surface area contributed by atoms with Crippen molar-refractivity contribution in [2.45, 2.75) is 39.3 Å². The molecular formula is C18H20N4O3S. The fourth-order valence-corrected chi connectivity index (χ4v) is 3.61. The molecule has 3 rings (SSSR count). The van der Waals surface area contributed by atoms with E-state index in [1.165, 1.54) is 11.3 Å². The minimum Gasteiger partial charge on any atom is -0.481 e. The van der Waals surface area contributed by atoms with Crippen molar-refractivity contribution in [3.8, 4) is 0 Å². The molecule has 0 aromatic carbocycles. The van der Waals surface area contributed by atoms with Crippen LogP contribution in [0.3, 0.4) is 0 Å². The average molecular weight is 372 g/mol. The first kappa shape index (κ1) is 18.1. The molecule has 2 N–H and O–H groups in total. The van der Waals surface area contributed by atoms with E-state index in [-0.39, 0.29) is 18.4 Å². The molecule has 0 spiro atoms. The molecule has 3 heterocycles. The summed E-state index contributed by atoms with van der Waals surface area (Å²) in [5.41, 5.74) is 1.80. The Morgan fingerprint density at radius 1 is 1.38 bits per heavy atom. The molecule has 0 bridgehead atoms. The number of aromatic nitrogens is 3. The predicted octanol–water partition coefficient (Wildman–Crippen LogP) is 3.33. The Morgan fingerprint density at radius 3 is 2.77 bits per heavy atom. The van der Waals surface area contributed by atoms with Crippen LogP contribution in [0.5, 0.6) is 0 Å². The molecule has 0 saturated heterocycles. The molecule has 136 valence electrons. The highest BCUT2D eigenvalue weighted by Gasteiger charge is 2.22. The molecule has 0 aliphatic carbocycles. The zero-order valence-electron chi connectivity index (χ0n) is 14.8. The van der Waals surface area contributed by atoms with Gasteiger partial charge < -0.3 is 10.4 Å². The summed E-state index contributed by atoms with van der Waals surface area (Å²) in [4.78, 5) is 29.4. The number of carboxylic acids is 1. The summed E-state index contributed by atoms with van der Waals surface area (Å²) >= 11 is 1.42. The van der Waals surface area contributed by atoms with Gasteiger partial charge in [0, 0.05) is 16.6 Å². The molecule has 0 radical (unpaired) electrons. The highest BCUT2D eigenvalue weighted by atomic mass is 32.1. The summed E-state index contributed by atoms with van der Waals surface area (Å²) in [6.45, 7) is 5.81. The van der Waals surface area contributed by atoms with Gasteiger partial charge in [0.25, 0.3) is 5.91 Å². The van der Waals surface area contributed by atoms with E-state index < -0.39 is 12.0 Å². The van der Waals surface area contributed by atoms with Crippen molar-refractivity contribution in [3.63, 3.8) is 0 Å². The van der Waals surface area contributed by atoms with E-state index >= 15 is 0 Å². The van der Waals surface area contributed by atoms with Gasteiger partial charge in [0.2, 0.25) is 0 Å². The smallest absolute Gasteiger partial charge is 0.305 e. The van der Waals surface area contributed by atoms with Gasteiger partial charge in [0.15, 0.2) is 5.65 Å². The molecule has 26 heavy (non-hydrogen) atoms. The van der Waals surface area contributed by atoms with Crippen molar-refractivity contribution in [3.05, 3.63) is 45.9 Å². The van der Waals surface area contributed by atoms with Crippen LogP contribution in [0.2, 0.25) is 0 Å². The molecule has 1 unspecified atom stereocenters. The monoisotopic (exact) mass is 372 g/mol. The topological polar surface area (TPSA) is 97.1 Å². The van der Waals surface area contributed by atoms with E-state index in [2.05, 4.69) is 15.4 Å². The highest BCUT2D eigenvalue weighted by Crippen LogP contribution is 2.25. The summed E-state index contributed by atoms with van der Waals surface area (Å²) in [5, 5.41) is 18.9. The molecule has 0 aliphatic heterocycles. The highest BCUT2D eigenvalue weighted by molar-refractivity contribution is 7.10. The first-order valence-corrected chi connectivity index (χ1v) is 9.15. The molecule has 8 heteroatoms. The van der Waals surface area contributed by atoms with E-state index in [1.807, 2.05) is 38.3 Å². The normalized spacial score (nSPS) is 12.5. The number of hydrogen-bond donors (Lipinski definition) is 2. The summed E-state index contributed by atoms with van der Waals surface area (Å²) in [5.74, 6) is -1.30. The van der Waals surface area contributed by atoms with Crippen molar-refractivity contribution in [1.82, 2.24) is 20.1 Å². The van der Waals surface area contributed by atoms with E-state index in [0.29, 0.717) is 22.3 Å². The first-order chi connectivity index (χ1) is 12.4. The lowest BCUT2D eigenvalue weighted by Gasteiger charge is -2.16. The Kier molecular flexibility index (Phi) is 5.03. The molecule has 1 amide bonds. The average Bonchev–Trinajstić information content (AvgIpc) is 3.22. The molecule has 0 aliphatic rings. The number of amides is 1. The molecule has 3 aromatic heterocycles. The van der Waals surface area contributed by atoms with E-state index in [0.717, 1.165) is 4.88 Å². The van der Waals surface area contributed by atoms with Crippen molar-refractivity contribution < 1.29 is 14.7 Å². The number of nitrogens with one attached hydrogen (secondary N) is 1. The van der Waals surface area contributed by atoms with Gasteiger partial charge in [-0.15, -0.1) is 11.3 Å². The number of rotatable bonds is 6. The Balaban J connectivity index is 1.97. The van der Waals surface area contributed by atoms with Crippen LogP contribution in [-0.2, 0) is 4.79 Å². The van der Waals surface area contributed by atoms with E-state index in [9.17, 15) is 14.7 Å². The zero-order chi connectivity index (χ0) is 18.8. The molecule has 1 atom stereocenters.